The lowest BCUT2D eigenvalue weighted by molar-refractivity contribution is -0.385. The minimum absolute atomic E-state index is 0.0515. The third-order valence-corrected chi connectivity index (χ3v) is 2.54. The van der Waals surface area contributed by atoms with Crippen LogP contribution in [0.3, 0.4) is 0 Å². The van der Waals surface area contributed by atoms with Gasteiger partial charge in [0, 0.05) is 12.1 Å². The van der Waals surface area contributed by atoms with Crippen LogP contribution in [0, 0.1) is 17.0 Å². The molecular formula is C13H10ClF3N2O4. The Labute approximate surface area is 133 Å². The smallest absolute Gasteiger partial charge is 0.508 e. The summed E-state index contributed by atoms with van der Waals surface area (Å²) in [5.74, 6) is -0.641. The Morgan fingerprint density at radius 1 is 1.30 bits per heavy atom. The molecule has 0 saturated heterocycles. The average Bonchev–Trinajstić information content (AvgIpc) is 2.42. The molecule has 0 fully saturated rings. The zero-order valence-corrected chi connectivity index (χ0v) is 12.3. The Bertz CT molecular complexity index is 678. The van der Waals surface area contributed by atoms with E-state index in [2.05, 4.69) is 9.72 Å². The second-order valence-corrected chi connectivity index (χ2v) is 4.48. The number of alkyl halides is 3. The van der Waals surface area contributed by atoms with Gasteiger partial charge in [-0.1, -0.05) is 17.7 Å². The Hall–Kier alpha value is -2.55. The summed E-state index contributed by atoms with van der Waals surface area (Å²) < 4.78 is 38.9. The molecule has 6 nitrogen and oxygen atoms in total. The molecule has 0 radical (unpaired) electrons. The van der Waals surface area contributed by atoms with Gasteiger partial charge in [-0.2, -0.15) is 0 Å². The zero-order valence-electron chi connectivity index (χ0n) is 11.5. The number of hydrogen-bond acceptors (Lipinski definition) is 5. The van der Waals surface area contributed by atoms with Crippen molar-refractivity contribution in [3.05, 3.63) is 57.4 Å². The molecule has 0 amide bonds. The number of rotatable bonds is 2. The standard InChI is InChI=1S/C8H7F3O2.C5H3ClN2O2/c1-5-2-3-6(12)4-7(5)13-8(9,10)11;6-5-2-1-4(3-7-5)8(9)10/h2-4,12H,1H3;1-3H. The van der Waals surface area contributed by atoms with Crippen LogP contribution in [0.2, 0.25) is 5.15 Å². The summed E-state index contributed by atoms with van der Waals surface area (Å²) in [6.07, 6.45) is -3.61. The van der Waals surface area contributed by atoms with Crippen LogP contribution in [0.15, 0.2) is 36.5 Å². The number of aryl methyl sites for hydroxylation is 1. The topological polar surface area (TPSA) is 85.5 Å². The van der Waals surface area contributed by atoms with Crippen LogP contribution in [0.25, 0.3) is 0 Å². The molecule has 0 unspecified atom stereocenters. The number of ether oxygens (including phenoxy) is 1. The fourth-order valence-corrected chi connectivity index (χ4v) is 1.41. The van der Waals surface area contributed by atoms with Crippen molar-refractivity contribution in [2.75, 3.05) is 0 Å². The maximum absolute atomic E-state index is 11.7. The maximum Gasteiger partial charge on any atom is 0.573 e. The SMILES string of the molecule is Cc1ccc(O)cc1OC(F)(F)F.O=[N+]([O-])c1ccc(Cl)nc1. The molecule has 1 aromatic carbocycles. The normalized spacial score (nSPS) is 10.5. The highest BCUT2D eigenvalue weighted by Gasteiger charge is 2.31. The number of benzene rings is 1. The summed E-state index contributed by atoms with van der Waals surface area (Å²) in [4.78, 5) is 13.0. The molecule has 1 aromatic heterocycles. The third-order valence-electron chi connectivity index (χ3n) is 2.32. The van der Waals surface area contributed by atoms with E-state index >= 15 is 0 Å². The van der Waals surface area contributed by atoms with Gasteiger partial charge in [0.05, 0.1) is 4.92 Å². The van der Waals surface area contributed by atoms with E-state index in [4.69, 9.17) is 16.7 Å². The lowest BCUT2D eigenvalue weighted by atomic mass is 10.2. The molecule has 10 heteroatoms. The first kappa shape index (κ1) is 18.5. The number of phenols is 1. The van der Waals surface area contributed by atoms with Gasteiger partial charge in [0.1, 0.15) is 22.8 Å². The molecule has 1 N–H and O–H groups in total. The van der Waals surface area contributed by atoms with Crippen molar-refractivity contribution in [3.63, 3.8) is 0 Å². The average molecular weight is 351 g/mol. The van der Waals surface area contributed by atoms with Gasteiger partial charge in [0.25, 0.3) is 5.69 Å². The highest BCUT2D eigenvalue weighted by molar-refractivity contribution is 6.29. The molecule has 0 atom stereocenters. The summed E-state index contributed by atoms with van der Waals surface area (Å²) in [6, 6.07) is 6.23. The van der Waals surface area contributed by atoms with E-state index in [0.29, 0.717) is 5.56 Å². The molecule has 0 bridgehead atoms. The summed E-state index contributed by atoms with van der Waals surface area (Å²) in [6.45, 7) is 1.46. The van der Waals surface area contributed by atoms with Crippen LogP contribution >= 0.6 is 11.6 Å². The van der Waals surface area contributed by atoms with Gasteiger partial charge in [-0.05, 0) is 24.6 Å². The van der Waals surface area contributed by atoms with E-state index in [1.807, 2.05) is 0 Å². The number of aromatic hydroxyl groups is 1. The zero-order chi connectivity index (χ0) is 17.6. The van der Waals surface area contributed by atoms with Crippen LogP contribution in [0.1, 0.15) is 5.56 Å². The number of nitro groups is 1. The number of phenolic OH excluding ortho intramolecular Hbond substituents is 1. The molecule has 0 aliphatic carbocycles. The first-order chi connectivity index (χ1) is 10.6. The molecular weight excluding hydrogens is 341 g/mol. The molecule has 0 aliphatic heterocycles. The monoisotopic (exact) mass is 350 g/mol. The summed E-state index contributed by atoms with van der Waals surface area (Å²) in [5, 5.41) is 19.2. The lowest BCUT2D eigenvalue weighted by Gasteiger charge is -2.10. The largest absolute Gasteiger partial charge is 0.573 e. The van der Waals surface area contributed by atoms with E-state index < -0.39 is 11.3 Å². The molecule has 23 heavy (non-hydrogen) atoms. The number of nitrogens with zero attached hydrogens (tertiary/aromatic N) is 2. The van der Waals surface area contributed by atoms with Crippen LogP contribution < -0.4 is 4.74 Å². The lowest BCUT2D eigenvalue weighted by Crippen LogP contribution is -2.17. The van der Waals surface area contributed by atoms with E-state index in [-0.39, 0.29) is 22.3 Å². The van der Waals surface area contributed by atoms with Crippen molar-refractivity contribution in [1.82, 2.24) is 4.98 Å². The highest BCUT2D eigenvalue weighted by atomic mass is 35.5. The van der Waals surface area contributed by atoms with Gasteiger partial charge < -0.3 is 9.84 Å². The van der Waals surface area contributed by atoms with Crippen LogP contribution in [0.5, 0.6) is 11.5 Å². The molecule has 2 aromatic rings. The Morgan fingerprint density at radius 2 is 1.96 bits per heavy atom. The van der Waals surface area contributed by atoms with Crippen LogP contribution in [0.4, 0.5) is 18.9 Å². The summed E-state index contributed by atoms with van der Waals surface area (Å²) >= 11 is 5.38. The van der Waals surface area contributed by atoms with E-state index in [9.17, 15) is 23.3 Å². The summed E-state index contributed by atoms with van der Waals surface area (Å²) in [7, 11) is 0. The van der Waals surface area contributed by atoms with Crippen molar-refractivity contribution in [3.8, 4) is 11.5 Å². The molecule has 0 spiro atoms. The second kappa shape index (κ2) is 7.63. The van der Waals surface area contributed by atoms with Gasteiger partial charge in [-0.25, -0.2) is 4.98 Å². The molecule has 2 rings (SSSR count). The number of aromatic nitrogens is 1. The Morgan fingerprint density at radius 3 is 2.43 bits per heavy atom. The fourth-order valence-electron chi connectivity index (χ4n) is 1.30. The van der Waals surface area contributed by atoms with E-state index in [0.717, 1.165) is 12.3 Å². The molecule has 0 saturated carbocycles. The quantitative estimate of drug-likeness (QED) is 0.497. The third kappa shape index (κ3) is 6.83. The van der Waals surface area contributed by atoms with Crippen molar-refractivity contribution < 1.29 is 27.9 Å². The predicted molar refractivity (Wildman–Crippen MR) is 75.4 cm³/mol. The van der Waals surface area contributed by atoms with E-state index in [1.54, 1.807) is 0 Å². The van der Waals surface area contributed by atoms with Gasteiger partial charge in [-0.15, -0.1) is 13.2 Å². The number of hydrogen-bond donors (Lipinski definition) is 1. The minimum Gasteiger partial charge on any atom is -0.508 e. The predicted octanol–water partition coefficient (Wildman–Crippen LogP) is 4.24. The second-order valence-electron chi connectivity index (χ2n) is 4.09. The Balaban J connectivity index is 0.000000238. The fraction of sp³-hybridized carbons (Fsp3) is 0.154. The van der Waals surface area contributed by atoms with Gasteiger partial charge in [-0.3, -0.25) is 10.1 Å². The summed E-state index contributed by atoms with van der Waals surface area (Å²) in [5.41, 5.74) is 0.263. The number of halogens is 4. The molecule has 124 valence electrons. The Kier molecular flexibility index (Phi) is 6.14. The van der Waals surface area contributed by atoms with Gasteiger partial charge >= 0.3 is 6.36 Å². The molecule has 0 aliphatic rings. The van der Waals surface area contributed by atoms with Crippen molar-refractivity contribution in [2.45, 2.75) is 13.3 Å². The highest BCUT2D eigenvalue weighted by Crippen LogP contribution is 2.28. The van der Waals surface area contributed by atoms with Crippen LogP contribution in [-0.2, 0) is 0 Å². The van der Waals surface area contributed by atoms with Crippen LogP contribution in [-0.4, -0.2) is 21.4 Å². The van der Waals surface area contributed by atoms with Gasteiger partial charge in [0.15, 0.2) is 0 Å². The van der Waals surface area contributed by atoms with Gasteiger partial charge in [0.2, 0.25) is 0 Å². The van der Waals surface area contributed by atoms with Crippen molar-refractivity contribution in [2.24, 2.45) is 0 Å². The van der Waals surface area contributed by atoms with Crippen molar-refractivity contribution in [1.29, 1.82) is 0 Å². The molecule has 1 heterocycles. The first-order valence-electron chi connectivity index (χ1n) is 5.90. The van der Waals surface area contributed by atoms with Crippen molar-refractivity contribution >= 4 is 17.3 Å². The van der Waals surface area contributed by atoms with E-state index in [1.165, 1.54) is 31.2 Å². The maximum atomic E-state index is 11.7. The minimum atomic E-state index is -4.72. The number of pyridine rings is 1. The first-order valence-corrected chi connectivity index (χ1v) is 6.27.